The molecule has 6 nitrogen and oxygen atoms in total. The number of benzene rings is 3. The van der Waals surface area contributed by atoms with Crippen molar-refractivity contribution in [3.05, 3.63) is 107 Å². The number of ether oxygens (including phenoxy) is 1. The quantitative estimate of drug-likeness (QED) is 0.268. The molecule has 0 fully saturated rings. The number of unbranched alkanes of at least 4 members (excludes halogenated alkanes) is 2. The Morgan fingerprint density at radius 2 is 1.62 bits per heavy atom. The molecule has 2 aliphatic rings. The van der Waals surface area contributed by atoms with Gasteiger partial charge in [-0.15, -0.1) is 0 Å². The molecule has 39 heavy (non-hydrogen) atoms. The molecule has 1 N–H and O–H groups in total. The Morgan fingerprint density at radius 1 is 0.897 bits per heavy atom. The third-order valence-electron chi connectivity index (χ3n) is 7.67. The van der Waals surface area contributed by atoms with Crippen LogP contribution in [0.25, 0.3) is 0 Å². The predicted molar refractivity (Wildman–Crippen MR) is 153 cm³/mol. The van der Waals surface area contributed by atoms with Gasteiger partial charge in [0.2, 0.25) is 5.91 Å². The number of hydrogen-bond donors (Lipinski definition) is 1. The molecule has 3 aromatic rings. The van der Waals surface area contributed by atoms with E-state index < -0.39 is 12.0 Å². The van der Waals surface area contributed by atoms with Gasteiger partial charge in [0, 0.05) is 24.1 Å². The maximum atomic E-state index is 14.0. The third-order valence-corrected chi connectivity index (χ3v) is 7.67. The van der Waals surface area contributed by atoms with Crippen molar-refractivity contribution < 1.29 is 19.1 Å². The average molecular weight is 523 g/mol. The van der Waals surface area contributed by atoms with Crippen molar-refractivity contribution >= 4 is 29.0 Å². The Kier molecular flexibility index (Phi) is 7.92. The minimum Gasteiger partial charge on any atom is -0.465 e. The van der Waals surface area contributed by atoms with Gasteiger partial charge in [-0.25, -0.2) is 4.79 Å². The van der Waals surface area contributed by atoms with Gasteiger partial charge in [0.15, 0.2) is 5.78 Å². The number of para-hydroxylation sites is 2. The predicted octanol–water partition coefficient (Wildman–Crippen LogP) is 6.95. The van der Waals surface area contributed by atoms with Crippen LogP contribution in [0, 0.1) is 0 Å². The second-order valence-corrected chi connectivity index (χ2v) is 10.2. The first-order valence-electron chi connectivity index (χ1n) is 13.7. The fourth-order valence-corrected chi connectivity index (χ4v) is 5.71. The Balaban J connectivity index is 1.66. The highest BCUT2D eigenvalue weighted by Gasteiger charge is 2.41. The highest BCUT2D eigenvalue weighted by atomic mass is 16.5. The van der Waals surface area contributed by atoms with Gasteiger partial charge in [-0.3, -0.25) is 14.5 Å². The highest BCUT2D eigenvalue weighted by molar-refractivity contribution is 6.06. The topological polar surface area (TPSA) is 75.7 Å². The number of fused-ring (bicyclic) bond motifs is 1. The van der Waals surface area contributed by atoms with Crippen LogP contribution < -0.4 is 10.2 Å². The molecule has 0 aromatic heterocycles. The van der Waals surface area contributed by atoms with E-state index in [4.69, 9.17) is 4.74 Å². The second kappa shape index (κ2) is 11.7. The maximum Gasteiger partial charge on any atom is 0.337 e. The standard InChI is InChI=1S/C33H34N2O4/c1-3-4-6-15-30(37)35-28-14-10-9-13-26(28)34-27-20-25(22-11-7-5-8-12-22)21-29(36)31(27)32(35)23-16-18-24(19-17-23)33(38)39-2/h5,7-14,16-19,25,32,34H,3-4,6,15,20-21H2,1-2H3/t25-,32-/m0/s1. The fraction of sp³-hybridized carbons (Fsp3) is 0.303. The van der Waals surface area contributed by atoms with Crippen LogP contribution >= 0.6 is 0 Å². The van der Waals surface area contributed by atoms with E-state index in [1.54, 1.807) is 17.0 Å². The monoisotopic (exact) mass is 522 g/mol. The van der Waals surface area contributed by atoms with Crippen LogP contribution in [0.2, 0.25) is 0 Å². The molecule has 200 valence electrons. The van der Waals surface area contributed by atoms with Crippen LogP contribution in [0.15, 0.2) is 90.1 Å². The minimum atomic E-state index is -0.610. The van der Waals surface area contributed by atoms with Gasteiger partial charge in [0.25, 0.3) is 0 Å². The van der Waals surface area contributed by atoms with Gasteiger partial charge in [-0.1, -0.05) is 74.4 Å². The number of allylic oxidation sites excluding steroid dienone is 1. The number of methoxy groups -OCH3 is 1. The number of amides is 1. The molecule has 0 spiro atoms. The van der Waals surface area contributed by atoms with Gasteiger partial charge in [0.05, 0.1) is 30.1 Å². The zero-order valence-corrected chi connectivity index (χ0v) is 22.5. The largest absolute Gasteiger partial charge is 0.465 e. The summed E-state index contributed by atoms with van der Waals surface area (Å²) in [7, 11) is 1.35. The fourth-order valence-electron chi connectivity index (χ4n) is 5.71. The van der Waals surface area contributed by atoms with Crippen LogP contribution in [0.3, 0.4) is 0 Å². The van der Waals surface area contributed by atoms with Gasteiger partial charge in [-0.2, -0.15) is 0 Å². The van der Waals surface area contributed by atoms with Crippen LogP contribution in [0.1, 0.15) is 78.9 Å². The van der Waals surface area contributed by atoms with Crippen molar-refractivity contribution in [3.63, 3.8) is 0 Å². The number of carbonyl (C=O) groups excluding carboxylic acids is 3. The third kappa shape index (κ3) is 5.37. The number of esters is 1. The molecule has 0 radical (unpaired) electrons. The van der Waals surface area contributed by atoms with E-state index in [0.717, 1.165) is 47.5 Å². The van der Waals surface area contributed by atoms with Crippen molar-refractivity contribution in [2.75, 3.05) is 17.3 Å². The van der Waals surface area contributed by atoms with Crippen LogP contribution in [0.4, 0.5) is 11.4 Å². The van der Waals surface area contributed by atoms with Gasteiger partial charge < -0.3 is 10.1 Å². The number of nitrogens with zero attached hydrogens (tertiary/aromatic N) is 1. The number of carbonyl (C=O) groups is 3. The Hall–Kier alpha value is -4.19. The molecule has 5 rings (SSSR count). The van der Waals surface area contributed by atoms with E-state index in [1.165, 1.54) is 7.11 Å². The normalized spacial score (nSPS) is 18.5. The lowest BCUT2D eigenvalue weighted by molar-refractivity contribution is -0.119. The van der Waals surface area contributed by atoms with Crippen molar-refractivity contribution in [3.8, 4) is 0 Å². The van der Waals surface area contributed by atoms with E-state index in [2.05, 4.69) is 24.4 Å². The number of hydrogen-bond acceptors (Lipinski definition) is 5. The van der Waals surface area contributed by atoms with Crippen LogP contribution in [-0.4, -0.2) is 24.8 Å². The van der Waals surface area contributed by atoms with Gasteiger partial charge >= 0.3 is 5.97 Å². The molecule has 1 heterocycles. The molecule has 1 aliphatic carbocycles. The summed E-state index contributed by atoms with van der Waals surface area (Å²) in [5.41, 5.74) is 5.35. The lowest BCUT2D eigenvalue weighted by Crippen LogP contribution is -2.38. The molecule has 0 unspecified atom stereocenters. The second-order valence-electron chi connectivity index (χ2n) is 10.2. The summed E-state index contributed by atoms with van der Waals surface area (Å²) in [6, 6.07) is 24.3. The molecular formula is C33H34N2O4. The highest BCUT2D eigenvalue weighted by Crippen LogP contribution is 2.47. The Morgan fingerprint density at radius 3 is 2.33 bits per heavy atom. The first-order valence-corrected chi connectivity index (χ1v) is 13.7. The molecule has 3 aromatic carbocycles. The SMILES string of the molecule is CCCCCC(=O)N1c2ccccc2NC2=C(C(=O)C[C@@H](c3ccccc3)C2)[C@@H]1c1ccc(C(=O)OC)cc1. The zero-order chi connectivity index (χ0) is 27.4. The van der Waals surface area contributed by atoms with E-state index in [1.807, 2.05) is 54.6 Å². The summed E-state index contributed by atoms with van der Waals surface area (Å²) in [6.07, 6.45) is 4.18. The van der Waals surface area contributed by atoms with Gasteiger partial charge in [0.1, 0.15) is 0 Å². The average Bonchev–Trinajstić information content (AvgIpc) is 3.12. The summed E-state index contributed by atoms with van der Waals surface area (Å²) in [6.45, 7) is 2.11. The van der Waals surface area contributed by atoms with E-state index >= 15 is 0 Å². The first kappa shape index (κ1) is 26.4. The molecule has 6 heteroatoms. The Bertz CT molecular complexity index is 1390. The summed E-state index contributed by atoms with van der Waals surface area (Å²) >= 11 is 0. The van der Waals surface area contributed by atoms with E-state index in [0.29, 0.717) is 30.4 Å². The van der Waals surface area contributed by atoms with E-state index in [9.17, 15) is 14.4 Å². The number of nitrogens with one attached hydrogen (secondary N) is 1. The smallest absolute Gasteiger partial charge is 0.337 e. The molecule has 0 saturated carbocycles. The summed E-state index contributed by atoms with van der Waals surface area (Å²) in [5, 5.41) is 3.57. The summed E-state index contributed by atoms with van der Waals surface area (Å²) < 4.78 is 4.88. The molecule has 1 aliphatic heterocycles. The number of Topliss-reactive ketones (excluding diaryl/α,β-unsaturated/α-hetero) is 1. The lowest BCUT2D eigenvalue weighted by atomic mass is 9.78. The van der Waals surface area contributed by atoms with Gasteiger partial charge in [-0.05, 0) is 54.2 Å². The van der Waals surface area contributed by atoms with Crippen LogP contribution in [0.5, 0.6) is 0 Å². The number of ketones is 1. The first-order chi connectivity index (χ1) is 19.0. The van der Waals surface area contributed by atoms with Crippen molar-refractivity contribution in [1.29, 1.82) is 0 Å². The lowest BCUT2D eigenvalue weighted by Gasteiger charge is -2.35. The molecular weight excluding hydrogens is 488 g/mol. The number of rotatable bonds is 7. The molecule has 0 saturated heterocycles. The molecule has 2 atom stereocenters. The van der Waals surface area contributed by atoms with Crippen LogP contribution in [-0.2, 0) is 14.3 Å². The molecule has 1 amide bonds. The number of anilines is 2. The van der Waals surface area contributed by atoms with Crippen molar-refractivity contribution in [1.82, 2.24) is 0 Å². The summed E-state index contributed by atoms with van der Waals surface area (Å²) in [5.74, 6) is -0.377. The Labute approximate surface area is 229 Å². The molecule has 0 bridgehead atoms. The minimum absolute atomic E-state index is 0.0218. The zero-order valence-electron chi connectivity index (χ0n) is 22.5. The van der Waals surface area contributed by atoms with Crippen molar-refractivity contribution in [2.45, 2.75) is 57.4 Å². The summed E-state index contributed by atoms with van der Waals surface area (Å²) in [4.78, 5) is 41.9. The van der Waals surface area contributed by atoms with E-state index in [-0.39, 0.29) is 17.6 Å². The maximum absolute atomic E-state index is 14.0. The van der Waals surface area contributed by atoms with Crippen molar-refractivity contribution in [2.24, 2.45) is 0 Å².